The number of fused-ring (bicyclic) bond motifs is 2. The van der Waals surface area contributed by atoms with Crippen LogP contribution in [0, 0.1) is 5.92 Å². The molecule has 0 radical (unpaired) electrons. The number of nitrogens with zero attached hydrogens (tertiary/aromatic N) is 2. The molecule has 2 atom stereocenters. The number of likely N-dealkylation sites (tertiary alicyclic amines) is 1. The third-order valence-electron chi connectivity index (χ3n) is 7.62. The molecule has 0 aromatic heterocycles. The molecule has 8 nitrogen and oxygen atoms in total. The van der Waals surface area contributed by atoms with Gasteiger partial charge in [-0.25, -0.2) is 0 Å². The van der Waals surface area contributed by atoms with Gasteiger partial charge in [-0.3, -0.25) is 9.69 Å². The zero-order valence-electron chi connectivity index (χ0n) is 22.2. The molecule has 0 saturated carbocycles. The number of carbonyl (C=O) groups is 1. The summed E-state index contributed by atoms with van der Waals surface area (Å²) in [5.74, 6) is 4.38. The van der Waals surface area contributed by atoms with Crippen LogP contribution in [0.2, 0.25) is 0 Å². The molecule has 0 N–H and O–H groups in total. The number of piperidine rings is 1. The summed E-state index contributed by atoms with van der Waals surface area (Å²) < 4.78 is 27.8. The van der Waals surface area contributed by atoms with Gasteiger partial charge in [0.15, 0.2) is 23.0 Å². The van der Waals surface area contributed by atoms with Crippen molar-refractivity contribution in [3.63, 3.8) is 0 Å². The fourth-order valence-electron chi connectivity index (χ4n) is 5.77. The largest absolute Gasteiger partial charge is 0.493 e. The number of rotatable bonds is 10. The molecule has 3 aliphatic heterocycles. The van der Waals surface area contributed by atoms with E-state index in [2.05, 4.69) is 11.8 Å². The minimum absolute atomic E-state index is 0.0841. The van der Waals surface area contributed by atoms with Crippen LogP contribution >= 0.6 is 0 Å². The van der Waals surface area contributed by atoms with Crippen LogP contribution in [0.15, 0.2) is 30.3 Å². The maximum absolute atomic E-state index is 13.1. The number of benzene rings is 2. The Bertz CT molecular complexity index is 1110. The molecule has 37 heavy (non-hydrogen) atoms. The molecular formula is C29H38N2O6. The van der Waals surface area contributed by atoms with Crippen molar-refractivity contribution < 1.29 is 28.5 Å². The van der Waals surface area contributed by atoms with Crippen LogP contribution in [0.1, 0.15) is 48.5 Å². The molecule has 1 saturated heterocycles. The van der Waals surface area contributed by atoms with Gasteiger partial charge in [-0.1, -0.05) is 0 Å². The van der Waals surface area contributed by atoms with E-state index < -0.39 is 0 Å². The van der Waals surface area contributed by atoms with Crippen molar-refractivity contribution in [1.29, 1.82) is 0 Å². The van der Waals surface area contributed by atoms with Gasteiger partial charge in [0, 0.05) is 37.8 Å². The fraction of sp³-hybridized carbons (Fsp3) is 0.552. The number of carbonyl (C=O) groups excluding carboxylic acids is 1. The molecule has 2 aromatic rings. The minimum Gasteiger partial charge on any atom is -0.493 e. The first-order chi connectivity index (χ1) is 18.0. The van der Waals surface area contributed by atoms with E-state index in [0.29, 0.717) is 17.4 Å². The Hall–Kier alpha value is -3.13. The third kappa shape index (κ3) is 5.90. The number of hydrogen-bond acceptors (Lipinski definition) is 7. The third-order valence-corrected chi connectivity index (χ3v) is 7.62. The summed E-state index contributed by atoms with van der Waals surface area (Å²) in [6, 6.07) is 9.52. The highest BCUT2D eigenvalue weighted by molar-refractivity contribution is 5.97. The van der Waals surface area contributed by atoms with Crippen molar-refractivity contribution in [2.24, 2.45) is 5.92 Å². The molecule has 3 aliphatic rings. The fourth-order valence-corrected chi connectivity index (χ4v) is 5.77. The van der Waals surface area contributed by atoms with E-state index >= 15 is 0 Å². The van der Waals surface area contributed by atoms with Gasteiger partial charge in [0.2, 0.25) is 6.79 Å². The summed E-state index contributed by atoms with van der Waals surface area (Å²) in [5, 5.41) is 0. The lowest BCUT2D eigenvalue weighted by molar-refractivity contribution is 0.0724. The Morgan fingerprint density at radius 2 is 1.86 bits per heavy atom. The molecule has 0 spiro atoms. The van der Waals surface area contributed by atoms with E-state index in [1.54, 1.807) is 14.2 Å². The maximum Gasteiger partial charge on any atom is 0.254 e. The predicted octanol–water partition coefficient (Wildman–Crippen LogP) is 4.39. The van der Waals surface area contributed by atoms with Crippen molar-refractivity contribution in [3.05, 3.63) is 41.5 Å². The van der Waals surface area contributed by atoms with Gasteiger partial charge in [0.05, 0.1) is 14.2 Å². The van der Waals surface area contributed by atoms with Crippen LogP contribution in [-0.4, -0.2) is 75.5 Å². The van der Waals surface area contributed by atoms with Crippen LogP contribution in [0.4, 0.5) is 0 Å². The Morgan fingerprint density at radius 1 is 1.05 bits per heavy atom. The van der Waals surface area contributed by atoms with Crippen molar-refractivity contribution in [2.75, 3.05) is 53.7 Å². The summed E-state index contributed by atoms with van der Waals surface area (Å²) in [6.45, 7) is 7.04. The highest BCUT2D eigenvalue weighted by atomic mass is 16.7. The number of ether oxygens (including phenoxy) is 5. The topological polar surface area (TPSA) is 69.7 Å². The first-order valence-electron chi connectivity index (χ1n) is 13.4. The summed E-state index contributed by atoms with van der Waals surface area (Å²) >= 11 is 0. The van der Waals surface area contributed by atoms with Crippen molar-refractivity contribution >= 4 is 5.91 Å². The molecule has 2 aromatic carbocycles. The lowest BCUT2D eigenvalue weighted by atomic mass is 9.92. The number of methoxy groups -OCH3 is 2. The predicted molar refractivity (Wildman–Crippen MR) is 140 cm³/mol. The lowest BCUT2D eigenvalue weighted by Crippen LogP contribution is -2.41. The van der Waals surface area contributed by atoms with E-state index in [9.17, 15) is 4.79 Å². The van der Waals surface area contributed by atoms with E-state index in [1.807, 2.05) is 35.2 Å². The molecule has 200 valence electrons. The zero-order valence-corrected chi connectivity index (χ0v) is 22.2. The van der Waals surface area contributed by atoms with Crippen LogP contribution in [0.25, 0.3) is 0 Å². The Kier molecular flexibility index (Phi) is 7.93. The highest BCUT2D eigenvalue weighted by Crippen LogP contribution is 2.36. The summed E-state index contributed by atoms with van der Waals surface area (Å²) in [6.07, 6.45) is 5.55. The summed E-state index contributed by atoms with van der Waals surface area (Å²) in [5.41, 5.74) is 1.78. The average Bonchev–Trinajstić information content (AvgIpc) is 3.37. The van der Waals surface area contributed by atoms with Gasteiger partial charge in [0.25, 0.3) is 5.91 Å². The first-order valence-corrected chi connectivity index (χ1v) is 13.4. The van der Waals surface area contributed by atoms with Crippen molar-refractivity contribution in [2.45, 2.75) is 45.1 Å². The second-order valence-corrected chi connectivity index (χ2v) is 10.3. The smallest absolute Gasteiger partial charge is 0.254 e. The molecule has 1 fully saturated rings. The van der Waals surface area contributed by atoms with Gasteiger partial charge in [-0.15, -0.1) is 0 Å². The molecule has 0 aliphatic carbocycles. The molecule has 3 heterocycles. The monoisotopic (exact) mass is 510 g/mol. The van der Waals surface area contributed by atoms with E-state index in [-0.39, 0.29) is 18.8 Å². The van der Waals surface area contributed by atoms with Gasteiger partial charge < -0.3 is 28.6 Å². The Balaban J connectivity index is 1.08. The van der Waals surface area contributed by atoms with E-state index in [0.717, 1.165) is 80.4 Å². The van der Waals surface area contributed by atoms with E-state index in [1.165, 1.54) is 12.8 Å². The van der Waals surface area contributed by atoms with Gasteiger partial charge >= 0.3 is 0 Å². The Labute approximate surface area is 219 Å². The van der Waals surface area contributed by atoms with Crippen molar-refractivity contribution in [3.8, 4) is 28.7 Å². The van der Waals surface area contributed by atoms with Crippen LogP contribution in [-0.2, 0) is 6.42 Å². The minimum atomic E-state index is 0.0841. The van der Waals surface area contributed by atoms with Crippen LogP contribution < -0.4 is 23.7 Å². The van der Waals surface area contributed by atoms with E-state index in [4.69, 9.17) is 23.7 Å². The standard InChI is InChI=1S/C29H38N2O6/c1-20(37-23-8-9-25-28(15-23)36-19-35-25)17-30-11-4-6-21(18-30)7-5-12-31-13-10-22-14-26(33-2)27(34-3)16-24(22)29(31)32/h8-9,14-16,20-21H,4-7,10-13,17-19H2,1-3H3. The highest BCUT2D eigenvalue weighted by Gasteiger charge is 2.27. The quantitative estimate of drug-likeness (QED) is 0.470. The average molecular weight is 511 g/mol. The molecule has 1 amide bonds. The molecule has 5 rings (SSSR count). The normalized spacial score (nSPS) is 19.9. The van der Waals surface area contributed by atoms with Crippen molar-refractivity contribution in [1.82, 2.24) is 9.80 Å². The summed E-state index contributed by atoms with van der Waals surface area (Å²) in [4.78, 5) is 17.7. The second-order valence-electron chi connectivity index (χ2n) is 10.3. The van der Waals surface area contributed by atoms with Gasteiger partial charge in [-0.05, 0) is 81.3 Å². The molecule has 0 bridgehead atoms. The van der Waals surface area contributed by atoms with Crippen LogP contribution in [0.5, 0.6) is 28.7 Å². The molecular weight excluding hydrogens is 472 g/mol. The van der Waals surface area contributed by atoms with Crippen LogP contribution in [0.3, 0.4) is 0 Å². The zero-order chi connectivity index (χ0) is 25.8. The maximum atomic E-state index is 13.1. The SMILES string of the molecule is COc1cc2c(cc1OC)C(=O)N(CCCC1CCCN(CC(C)Oc3ccc4c(c3)OCO4)C1)CC2. The number of hydrogen-bond donors (Lipinski definition) is 0. The molecule has 8 heteroatoms. The van der Waals surface area contributed by atoms with Gasteiger partial charge in [-0.2, -0.15) is 0 Å². The number of amides is 1. The second kappa shape index (κ2) is 11.5. The molecule has 2 unspecified atom stereocenters. The lowest BCUT2D eigenvalue weighted by Gasteiger charge is -2.35. The van der Waals surface area contributed by atoms with Gasteiger partial charge in [0.1, 0.15) is 11.9 Å². The first kappa shape index (κ1) is 25.5. The Morgan fingerprint density at radius 3 is 2.70 bits per heavy atom. The summed E-state index contributed by atoms with van der Waals surface area (Å²) in [7, 11) is 3.23.